The summed E-state index contributed by atoms with van der Waals surface area (Å²) in [5.74, 6) is 0.0219. The maximum absolute atomic E-state index is 14.1. The molecule has 2 aromatic carbocycles. The highest BCUT2D eigenvalue weighted by Gasteiger charge is 2.31. The van der Waals surface area contributed by atoms with Crippen molar-refractivity contribution in [1.29, 1.82) is 0 Å². The molecule has 0 saturated carbocycles. The van der Waals surface area contributed by atoms with Gasteiger partial charge in [-0.25, -0.2) is 4.39 Å². The molecule has 0 bridgehead atoms. The number of nitrogens with zero attached hydrogens (tertiary/aromatic N) is 2. The van der Waals surface area contributed by atoms with Crippen LogP contribution in [0.5, 0.6) is 0 Å². The summed E-state index contributed by atoms with van der Waals surface area (Å²) in [7, 11) is 0. The average Bonchev–Trinajstić information content (AvgIpc) is 2.81. The number of hydrogen-bond donors (Lipinski definition) is 1. The largest absolute Gasteiger partial charge is 0.369 e. The minimum Gasteiger partial charge on any atom is -0.369 e. The fourth-order valence-electron chi connectivity index (χ4n) is 2.69. The molecule has 1 unspecified atom stereocenters. The van der Waals surface area contributed by atoms with Gasteiger partial charge in [-0.3, -0.25) is 4.99 Å². The second-order valence-corrected chi connectivity index (χ2v) is 5.47. The van der Waals surface area contributed by atoms with E-state index in [0.717, 1.165) is 11.1 Å². The molecule has 0 aromatic heterocycles. The van der Waals surface area contributed by atoms with E-state index >= 15 is 0 Å². The summed E-state index contributed by atoms with van der Waals surface area (Å²) in [6.07, 6.45) is 0. The summed E-state index contributed by atoms with van der Waals surface area (Å²) >= 11 is 6.00. The van der Waals surface area contributed by atoms with Gasteiger partial charge in [-0.1, -0.05) is 29.8 Å². The van der Waals surface area contributed by atoms with Crippen LogP contribution in [0.15, 0.2) is 47.5 Å². The maximum Gasteiger partial charge on any atom is 0.196 e. The number of guanidine groups is 1. The number of aryl methyl sites for hydroxylation is 1. The first kappa shape index (κ1) is 13.9. The zero-order chi connectivity index (χ0) is 15.0. The third kappa shape index (κ3) is 2.47. The van der Waals surface area contributed by atoms with E-state index in [1.807, 2.05) is 25.1 Å². The molecule has 0 saturated heterocycles. The summed E-state index contributed by atoms with van der Waals surface area (Å²) in [5.41, 5.74) is 8.50. The van der Waals surface area contributed by atoms with E-state index in [-0.39, 0.29) is 11.9 Å². The van der Waals surface area contributed by atoms with E-state index in [2.05, 4.69) is 4.99 Å². The Labute approximate surface area is 127 Å². The molecular formula is C16H15ClFN3. The lowest BCUT2D eigenvalue weighted by atomic mass is 10.00. The summed E-state index contributed by atoms with van der Waals surface area (Å²) in [6, 6.07) is 12.1. The SMILES string of the molecule is Cc1cc(Cl)ccc1C1CN=C(N)N1c1ccccc1F. The molecule has 0 spiro atoms. The highest BCUT2D eigenvalue weighted by atomic mass is 35.5. The lowest BCUT2D eigenvalue weighted by molar-refractivity contribution is 0.619. The van der Waals surface area contributed by atoms with E-state index < -0.39 is 0 Å². The number of hydrogen-bond acceptors (Lipinski definition) is 3. The number of nitrogens with two attached hydrogens (primary N) is 1. The van der Waals surface area contributed by atoms with Crippen LogP contribution in [0.2, 0.25) is 5.02 Å². The second-order valence-electron chi connectivity index (χ2n) is 5.04. The summed E-state index contributed by atoms with van der Waals surface area (Å²) in [5, 5.41) is 0.681. The molecular weight excluding hydrogens is 289 g/mol. The molecule has 108 valence electrons. The molecule has 3 nitrogen and oxygen atoms in total. The Kier molecular flexibility index (Phi) is 3.55. The third-order valence-corrected chi connectivity index (χ3v) is 3.92. The highest BCUT2D eigenvalue weighted by molar-refractivity contribution is 6.30. The van der Waals surface area contributed by atoms with Crippen LogP contribution in [0.4, 0.5) is 10.1 Å². The Hall–Kier alpha value is -2.07. The normalized spacial score (nSPS) is 18.0. The van der Waals surface area contributed by atoms with Crippen molar-refractivity contribution in [2.75, 3.05) is 11.4 Å². The van der Waals surface area contributed by atoms with Crippen LogP contribution in [0.25, 0.3) is 0 Å². The predicted octanol–water partition coefficient (Wildman–Crippen LogP) is 3.66. The molecule has 0 radical (unpaired) electrons. The third-order valence-electron chi connectivity index (χ3n) is 3.69. The number of rotatable bonds is 2. The van der Waals surface area contributed by atoms with Gasteiger partial charge < -0.3 is 10.6 Å². The van der Waals surface area contributed by atoms with Crippen LogP contribution in [-0.2, 0) is 0 Å². The van der Waals surface area contributed by atoms with Crippen LogP contribution < -0.4 is 10.6 Å². The number of para-hydroxylation sites is 1. The van der Waals surface area contributed by atoms with Crippen molar-refractivity contribution in [1.82, 2.24) is 0 Å². The Bertz CT molecular complexity index is 714. The molecule has 0 amide bonds. The van der Waals surface area contributed by atoms with E-state index in [1.165, 1.54) is 6.07 Å². The molecule has 3 rings (SSSR count). The average molecular weight is 304 g/mol. The number of aliphatic imine (C=N–C) groups is 1. The molecule has 1 aliphatic rings. The maximum atomic E-state index is 14.1. The first-order chi connectivity index (χ1) is 10.1. The van der Waals surface area contributed by atoms with E-state index in [1.54, 1.807) is 23.1 Å². The summed E-state index contributed by atoms with van der Waals surface area (Å²) in [6.45, 7) is 2.48. The van der Waals surface area contributed by atoms with E-state index in [9.17, 15) is 4.39 Å². The number of benzene rings is 2. The van der Waals surface area contributed by atoms with Gasteiger partial charge in [0, 0.05) is 5.02 Å². The Morgan fingerprint density at radius 3 is 2.76 bits per heavy atom. The molecule has 2 N–H and O–H groups in total. The number of halogens is 2. The minimum atomic E-state index is -0.311. The minimum absolute atomic E-state index is 0.112. The molecule has 1 heterocycles. The molecule has 5 heteroatoms. The topological polar surface area (TPSA) is 41.6 Å². The molecule has 2 aromatic rings. The standard InChI is InChI=1S/C16H15ClFN3/c1-10-8-11(17)6-7-12(10)15-9-20-16(19)21(15)14-5-3-2-4-13(14)18/h2-8,15H,9H2,1H3,(H2,19,20). The van der Waals surface area contributed by atoms with Gasteiger partial charge in [-0.05, 0) is 42.3 Å². The first-order valence-corrected chi connectivity index (χ1v) is 7.05. The quantitative estimate of drug-likeness (QED) is 0.920. The lowest BCUT2D eigenvalue weighted by Gasteiger charge is -2.28. The van der Waals surface area contributed by atoms with Crippen LogP contribution in [0.1, 0.15) is 17.2 Å². The van der Waals surface area contributed by atoms with Gasteiger partial charge >= 0.3 is 0 Å². The van der Waals surface area contributed by atoms with Crippen molar-refractivity contribution in [3.8, 4) is 0 Å². The molecule has 21 heavy (non-hydrogen) atoms. The van der Waals surface area contributed by atoms with E-state index in [0.29, 0.717) is 23.2 Å². The monoisotopic (exact) mass is 303 g/mol. The zero-order valence-electron chi connectivity index (χ0n) is 11.6. The first-order valence-electron chi connectivity index (χ1n) is 6.67. The van der Waals surface area contributed by atoms with Gasteiger partial charge in [0.25, 0.3) is 0 Å². The van der Waals surface area contributed by atoms with Crippen molar-refractivity contribution in [3.05, 3.63) is 64.4 Å². The van der Waals surface area contributed by atoms with Crippen LogP contribution in [0.3, 0.4) is 0 Å². The van der Waals surface area contributed by atoms with Gasteiger partial charge in [-0.15, -0.1) is 0 Å². The Morgan fingerprint density at radius 1 is 1.29 bits per heavy atom. The van der Waals surface area contributed by atoms with E-state index in [4.69, 9.17) is 17.3 Å². The lowest BCUT2D eigenvalue weighted by Crippen LogP contribution is -2.37. The molecule has 0 aliphatic carbocycles. The molecule has 1 atom stereocenters. The van der Waals surface area contributed by atoms with Crippen LogP contribution in [0, 0.1) is 12.7 Å². The summed E-state index contributed by atoms with van der Waals surface area (Å²) < 4.78 is 14.1. The zero-order valence-corrected chi connectivity index (χ0v) is 12.3. The van der Waals surface area contributed by atoms with Gasteiger partial charge in [0.1, 0.15) is 5.82 Å². The van der Waals surface area contributed by atoms with Gasteiger partial charge in [0.05, 0.1) is 18.3 Å². The Balaban J connectivity index is 2.05. The van der Waals surface area contributed by atoms with Crippen molar-refractivity contribution in [2.45, 2.75) is 13.0 Å². The van der Waals surface area contributed by atoms with Gasteiger partial charge in [-0.2, -0.15) is 0 Å². The highest BCUT2D eigenvalue weighted by Crippen LogP contribution is 2.34. The summed E-state index contributed by atoms with van der Waals surface area (Å²) in [4.78, 5) is 6.02. The second kappa shape index (κ2) is 5.37. The smallest absolute Gasteiger partial charge is 0.196 e. The van der Waals surface area contributed by atoms with Gasteiger partial charge in [0.2, 0.25) is 0 Å². The van der Waals surface area contributed by atoms with Crippen molar-refractivity contribution in [3.63, 3.8) is 0 Å². The predicted molar refractivity (Wildman–Crippen MR) is 84.3 cm³/mol. The van der Waals surface area contributed by atoms with Crippen LogP contribution >= 0.6 is 11.6 Å². The van der Waals surface area contributed by atoms with Gasteiger partial charge in [0.15, 0.2) is 5.96 Å². The van der Waals surface area contributed by atoms with Crippen molar-refractivity contribution in [2.24, 2.45) is 10.7 Å². The van der Waals surface area contributed by atoms with Crippen molar-refractivity contribution >= 4 is 23.2 Å². The fraction of sp³-hybridized carbons (Fsp3) is 0.188. The fourth-order valence-corrected chi connectivity index (χ4v) is 2.91. The van der Waals surface area contributed by atoms with Crippen molar-refractivity contribution < 1.29 is 4.39 Å². The number of anilines is 1. The Morgan fingerprint density at radius 2 is 2.05 bits per heavy atom. The molecule has 0 fully saturated rings. The molecule has 1 aliphatic heterocycles. The van der Waals surface area contributed by atoms with Crippen LogP contribution in [-0.4, -0.2) is 12.5 Å².